The number of fused-ring (bicyclic) bond motifs is 1. The van der Waals surface area contributed by atoms with Crippen molar-refractivity contribution in [2.45, 2.75) is 84.7 Å². The first kappa shape index (κ1) is 35.0. The van der Waals surface area contributed by atoms with Crippen LogP contribution in [0.5, 0.6) is 17.4 Å². The molecule has 0 radical (unpaired) electrons. The maximum atomic E-state index is 14.3. The zero-order chi connectivity index (χ0) is 34.7. The second kappa shape index (κ2) is 14.4. The van der Waals surface area contributed by atoms with Gasteiger partial charge in [0, 0.05) is 44.1 Å². The molecular weight excluding hydrogens is 653 g/mol. The molecule has 0 unspecified atom stereocenters. The van der Waals surface area contributed by atoms with Crippen LogP contribution in [0.1, 0.15) is 68.9 Å². The van der Waals surface area contributed by atoms with Crippen LogP contribution in [0.4, 0.5) is 23.8 Å². The lowest BCUT2D eigenvalue weighted by Crippen LogP contribution is -2.40. The second-order valence-electron chi connectivity index (χ2n) is 12.9. The summed E-state index contributed by atoms with van der Waals surface area (Å²) in [6, 6.07) is 8.44. The molecule has 11 nitrogen and oxygen atoms in total. The van der Waals surface area contributed by atoms with Crippen LogP contribution in [-0.4, -0.2) is 80.8 Å². The van der Waals surface area contributed by atoms with Gasteiger partial charge in [-0.25, -0.2) is 18.0 Å². The molecule has 0 N–H and O–H groups in total. The average Bonchev–Trinajstić information content (AvgIpc) is 3.47. The number of alkyl halides is 2. The molecule has 0 bridgehead atoms. The molecule has 3 heterocycles. The van der Waals surface area contributed by atoms with Crippen LogP contribution < -0.4 is 14.4 Å². The van der Waals surface area contributed by atoms with Gasteiger partial charge in [0.25, 0.3) is 18.2 Å². The average molecular weight is 691 g/mol. The molecule has 15 heteroatoms. The van der Waals surface area contributed by atoms with Crippen molar-refractivity contribution in [3.8, 4) is 17.4 Å². The molecule has 1 saturated heterocycles. The van der Waals surface area contributed by atoms with E-state index in [1.807, 2.05) is 43.9 Å². The van der Waals surface area contributed by atoms with E-state index in [0.717, 1.165) is 28.2 Å². The Kier molecular flexibility index (Phi) is 10.5. The fourth-order valence-electron chi connectivity index (χ4n) is 5.58. The van der Waals surface area contributed by atoms with Gasteiger partial charge in [0.2, 0.25) is 5.28 Å². The molecule has 1 fully saturated rings. The topological polar surface area (TPSA) is 110 Å². The number of piperidine rings is 1. The molecule has 48 heavy (non-hydrogen) atoms. The first-order chi connectivity index (χ1) is 22.7. The van der Waals surface area contributed by atoms with Crippen molar-refractivity contribution in [1.82, 2.24) is 25.0 Å². The van der Waals surface area contributed by atoms with Crippen LogP contribution in [0.2, 0.25) is 5.28 Å². The highest BCUT2D eigenvalue weighted by atomic mass is 35.5. The number of anilines is 1. The summed E-state index contributed by atoms with van der Waals surface area (Å²) in [6.07, 6.45) is -2.11. The van der Waals surface area contributed by atoms with Crippen LogP contribution in [-0.2, 0) is 17.8 Å². The van der Waals surface area contributed by atoms with E-state index >= 15 is 0 Å². The van der Waals surface area contributed by atoms with Gasteiger partial charge < -0.3 is 24.0 Å². The summed E-state index contributed by atoms with van der Waals surface area (Å²) in [5, 5.41) is 7.70. The molecular formula is C33H38ClF3N6O5. The zero-order valence-corrected chi connectivity index (χ0v) is 28.1. The van der Waals surface area contributed by atoms with Gasteiger partial charge in [-0.3, -0.25) is 9.69 Å². The van der Waals surface area contributed by atoms with Gasteiger partial charge in [-0.15, -0.1) is 10.2 Å². The van der Waals surface area contributed by atoms with E-state index in [9.17, 15) is 22.8 Å². The number of benzene rings is 2. The molecule has 0 saturated carbocycles. The summed E-state index contributed by atoms with van der Waals surface area (Å²) < 4.78 is 58.8. The minimum Gasteiger partial charge on any atom is -0.490 e. The number of hydrogen-bond acceptors (Lipinski definition) is 9. The lowest BCUT2D eigenvalue weighted by Gasteiger charge is -2.33. The summed E-state index contributed by atoms with van der Waals surface area (Å²) >= 11 is 6.12. The van der Waals surface area contributed by atoms with E-state index < -0.39 is 36.3 Å². The Balaban J connectivity index is 1.29. The SMILES string of the molecule is CC(C)N(CC(F)F)C(=O)c1cc(F)ccc1Oc1nnc(Cl)nc1N1CCC(Oc2cccc3c2CN(C(=O)OC(C)(C)C)C3)CC1. The van der Waals surface area contributed by atoms with E-state index in [1.165, 1.54) is 6.07 Å². The molecule has 0 atom stereocenters. The van der Waals surface area contributed by atoms with E-state index in [4.69, 9.17) is 25.8 Å². The molecule has 2 amide bonds. The highest BCUT2D eigenvalue weighted by Crippen LogP contribution is 2.36. The normalized spacial score (nSPS) is 15.1. The number of ether oxygens (including phenoxy) is 3. The van der Waals surface area contributed by atoms with E-state index in [-0.39, 0.29) is 40.5 Å². The lowest BCUT2D eigenvalue weighted by atomic mass is 10.1. The van der Waals surface area contributed by atoms with Gasteiger partial charge in [-0.05, 0) is 76.0 Å². The number of hydrogen-bond donors (Lipinski definition) is 0. The second-order valence-corrected chi connectivity index (χ2v) is 13.3. The maximum absolute atomic E-state index is 14.3. The Morgan fingerprint density at radius 2 is 1.79 bits per heavy atom. The Morgan fingerprint density at radius 1 is 1.06 bits per heavy atom. The summed E-state index contributed by atoms with van der Waals surface area (Å²) in [5.74, 6) is -0.793. The number of halogens is 4. The maximum Gasteiger partial charge on any atom is 0.410 e. The van der Waals surface area contributed by atoms with Crippen molar-refractivity contribution in [2.75, 3.05) is 24.5 Å². The molecule has 0 spiro atoms. The Bertz CT molecular complexity index is 1650. The van der Waals surface area contributed by atoms with Crippen LogP contribution in [0.3, 0.4) is 0 Å². The third-order valence-electron chi connectivity index (χ3n) is 7.84. The number of rotatable bonds is 9. The van der Waals surface area contributed by atoms with Gasteiger partial charge in [0.15, 0.2) is 5.82 Å². The Labute approximate surface area is 281 Å². The Morgan fingerprint density at radius 3 is 2.46 bits per heavy atom. The van der Waals surface area contributed by atoms with Gasteiger partial charge in [-0.1, -0.05) is 12.1 Å². The van der Waals surface area contributed by atoms with Crippen LogP contribution in [0, 0.1) is 5.82 Å². The first-order valence-corrected chi connectivity index (χ1v) is 16.0. The number of carbonyl (C=O) groups excluding carboxylic acids is 2. The number of aromatic nitrogens is 3. The summed E-state index contributed by atoms with van der Waals surface area (Å²) in [5.41, 5.74) is 1.10. The van der Waals surface area contributed by atoms with Crippen LogP contribution in [0.25, 0.3) is 0 Å². The molecule has 2 aromatic carbocycles. The number of carbonyl (C=O) groups is 2. The van der Waals surface area contributed by atoms with Gasteiger partial charge in [0.1, 0.15) is 29.0 Å². The third kappa shape index (κ3) is 8.38. The van der Waals surface area contributed by atoms with Gasteiger partial charge in [-0.2, -0.15) is 4.98 Å². The standard InChI is InChI=1S/C33H38ClF3N6O5/c1-19(2)43(18-27(36)37)30(44)23-15-21(35)9-10-26(23)47-29-28(38-31(34)40-39-29)41-13-11-22(12-14-41)46-25-8-6-7-20-16-42(17-24(20)25)32(45)48-33(3,4)5/h6-10,15,19,22,27H,11-14,16-18H2,1-5H3. The fraction of sp³-hybridized carbons (Fsp3) is 0.485. The summed E-state index contributed by atoms with van der Waals surface area (Å²) in [4.78, 5) is 34.8. The predicted octanol–water partition coefficient (Wildman–Crippen LogP) is 6.87. The number of amides is 2. The van der Waals surface area contributed by atoms with Crippen molar-refractivity contribution in [3.63, 3.8) is 0 Å². The first-order valence-electron chi connectivity index (χ1n) is 15.7. The summed E-state index contributed by atoms with van der Waals surface area (Å²) in [6.45, 7) is 9.60. The summed E-state index contributed by atoms with van der Waals surface area (Å²) in [7, 11) is 0. The number of nitrogens with zero attached hydrogens (tertiary/aromatic N) is 6. The molecule has 258 valence electrons. The van der Waals surface area contributed by atoms with Crippen molar-refractivity contribution in [1.29, 1.82) is 0 Å². The molecule has 2 aliphatic rings. The van der Waals surface area contributed by atoms with Crippen molar-refractivity contribution in [3.05, 3.63) is 64.2 Å². The van der Waals surface area contributed by atoms with Crippen molar-refractivity contribution >= 4 is 29.4 Å². The van der Waals surface area contributed by atoms with Crippen molar-refractivity contribution in [2.24, 2.45) is 0 Å². The van der Waals surface area contributed by atoms with Gasteiger partial charge in [0.05, 0.1) is 18.7 Å². The zero-order valence-electron chi connectivity index (χ0n) is 27.4. The highest BCUT2D eigenvalue weighted by molar-refractivity contribution is 6.28. The third-order valence-corrected chi connectivity index (χ3v) is 8.00. The van der Waals surface area contributed by atoms with Crippen LogP contribution >= 0.6 is 11.6 Å². The monoisotopic (exact) mass is 690 g/mol. The largest absolute Gasteiger partial charge is 0.490 e. The fourth-order valence-corrected chi connectivity index (χ4v) is 5.70. The van der Waals surface area contributed by atoms with E-state index in [0.29, 0.717) is 44.8 Å². The smallest absolute Gasteiger partial charge is 0.410 e. The van der Waals surface area contributed by atoms with Crippen LogP contribution in [0.15, 0.2) is 36.4 Å². The van der Waals surface area contributed by atoms with E-state index in [2.05, 4.69) is 15.2 Å². The van der Waals surface area contributed by atoms with Crippen molar-refractivity contribution < 1.29 is 37.0 Å². The van der Waals surface area contributed by atoms with Gasteiger partial charge >= 0.3 is 6.09 Å². The molecule has 1 aromatic heterocycles. The molecule has 3 aromatic rings. The quantitative estimate of drug-likeness (QED) is 0.238. The minimum absolute atomic E-state index is 0.0903. The van der Waals surface area contributed by atoms with E-state index in [1.54, 1.807) is 18.7 Å². The molecule has 2 aliphatic heterocycles. The predicted molar refractivity (Wildman–Crippen MR) is 171 cm³/mol. The Hall–Kier alpha value is -4.33. The molecule has 5 rings (SSSR count). The molecule has 0 aliphatic carbocycles. The lowest BCUT2D eigenvalue weighted by molar-refractivity contribution is 0.0240. The highest BCUT2D eigenvalue weighted by Gasteiger charge is 2.32. The minimum atomic E-state index is -2.78.